The lowest BCUT2D eigenvalue weighted by molar-refractivity contribution is -0.142. The molecule has 14 heteroatoms. The molecule has 0 aliphatic heterocycles. The van der Waals surface area contributed by atoms with Crippen LogP contribution < -0.4 is 21.7 Å². The summed E-state index contributed by atoms with van der Waals surface area (Å²) in [4.78, 5) is 59.7. The van der Waals surface area contributed by atoms with Gasteiger partial charge in [0, 0.05) is 41.2 Å². The predicted octanol–water partition coefficient (Wildman–Crippen LogP) is -1.15. The summed E-state index contributed by atoms with van der Waals surface area (Å²) in [5.41, 5.74) is 8.28. The summed E-state index contributed by atoms with van der Waals surface area (Å²) in [7, 11) is 0. The van der Waals surface area contributed by atoms with E-state index in [1.54, 1.807) is 6.20 Å². The number of benzene rings is 1. The van der Waals surface area contributed by atoms with Gasteiger partial charge in [0.1, 0.15) is 18.1 Å². The van der Waals surface area contributed by atoms with Crippen LogP contribution in [0.4, 0.5) is 0 Å². The molecule has 9 N–H and O–H groups in total. The number of aliphatic hydroxyl groups is 1. The molecule has 0 saturated heterocycles. The number of nitrogens with zero attached hydrogens (tertiary/aromatic N) is 1. The topological polar surface area (TPSA) is 215 Å². The van der Waals surface area contributed by atoms with Gasteiger partial charge in [0.2, 0.25) is 17.7 Å². The Bertz CT molecular complexity index is 1260. The highest BCUT2D eigenvalue weighted by molar-refractivity contribution is 7.80. The van der Waals surface area contributed by atoms with Crippen LogP contribution in [0.15, 0.2) is 43.0 Å². The Labute approximate surface area is 223 Å². The summed E-state index contributed by atoms with van der Waals surface area (Å²) in [6, 6.07) is 2.54. The van der Waals surface area contributed by atoms with Gasteiger partial charge in [-0.25, -0.2) is 9.78 Å². The minimum atomic E-state index is -1.42. The van der Waals surface area contributed by atoms with Crippen molar-refractivity contribution in [3.8, 4) is 0 Å². The zero-order chi connectivity index (χ0) is 27.8. The minimum absolute atomic E-state index is 0.0605. The van der Waals surface area contributed by atoms with Crippen LogP contribution in [0.3, 0.4) is 0 Å². The van der Waals surface area contributed by atoms with E-state index in [0.717, 1.165) is 16.5 Å². The lowest BCUT2D eigenvalue weighted by Crippen LogP contribution is -2.60. The molecule has 3 aromatic rings. The number of aromatic amines is 2. The molecule has 0 spiro atoms. The number of H-pyrrole nitrogens is 2. The van der Waals surface area contributed by atoms with E-state index in [4.69, 9.17) is 5.73 Å². The number of fused-ring (bicyclic) bond motifs is 1. The summed E-state index contributed by atoms with van der Waals surface area (Å²) in [6.07, 6.45) is 3.36. The van der Waals surface area contributed by atoms with Gasteiger partial charge < -0.3 is 41.9 Å². The van der Waals surface area contributed by atoms with Crippen LogP contribution in [0.2, 0.25) is 0 Å². The summed E-state index contributed by atoms with van der Waals surface area (Å²) in [5.74, 6) is -3.78. The number of nitrogens with one attached hydrogen (secondary N) is 5. The molecule has 5 unspecified atom stereocenters. The number of amides is 3. The smallest absolute Gasteiger partial charge is 0.326 e. The number of hydrogen-bond donors (Lipinski definition) is 9. The van der Waals surface area contributed by atoms with E-state index in [2.05, 4.69) is 43.5 Å². The van der Waals surface area contributed by atoms with Gasteiger partial charge in [0.25, 0.3) is 0 Å². The van der Waals surface area contributed by atoms with Gasteiger partial charge in [-0.05, 0) is 25.0 Å². The van der Waals surface area contributed by atoms with E-state index in [9.17, 15) is 29.4 Å². The normalized spacial score (nSPS) is 15.2. The Hall–Kier alpha value is -3.88. The Balaban J connectivity index is 1.61. The first-order valence-electron chi connectivity index (χ1n) is 11.8. The SMILES string of the molecule is CC(O)C(NC(=O)C(N)Cc1c[nH]c2ccccc12)C(=O)NC(CS)C(=O)NC(Cc1cnc[nH]1)C(=O)O. The lowest BCUT2D eigenvalue weighted by atomic mass is 10.0. The van der Waals surface area contributed by atoms with Crippen LogP contribution in [-0.2, 0) is 32.0 Å². The van der Waals surface area contributed by atoms with Crippen LogP contribution in [-0.4, -0.2) is 84.9 Å². The largest absolute Gasteiger partial charge is 0.480 e. The van der Waals surface area contributed by atoms with Gasteiger partial charge in [-0.2, -0.15) is 12.6 Å². The number of carboxylic acid groups (broad SMARTS) is 1. The van der Waals surface area contributed by atoms with Crippen molar-refractivity contribution in [2.45, 2.75) is 50.0 Å². The van der Waals surface area contributed by atoms with E-state index < -0.39 is 54.0 Å². The van der Waals surface area contributed by atoms with Gasteiger partial charge in [-0.1, -0.05) is 18.2 Å². The number of aliphatic hydroxyl groups excluding tert-OH is 1. The third-order valence-electron chi connectivity index (χ3n) is 5.92. The number of aliphatic carboxylic acids is 1. The molecule has 1 aromatic carbocycles. The zero-order valence-corrected chi connectivity index (χ0v) is 21.4. The van der Waals surface area contributed by atoms with Crippen molar-refractivity contribution in [2.24, 2.45) is 5.73 Å². The van der Waals surface area contributed by atoms with E-state index in [1.807, 2.05) is 24.3 Å². The van der Waals surface area contributed by atoms with E-state index in [1.165, 1.54) is 19.4 Å². The molecule has 3 amide bonds. The van der Waals surface area contributed by atoms with Crippen molar-refractivity contribution < 1.29 is 29.4 Å². The predicted molar refractivity (Wildman–Crippen MR) is 141 cm³/mol. The number of aromatic nitrogens is 3. The summed E-state index contributed by atoms with van der Waals surface area (Å²) < 4.78 is 0. The van der Waals surface area contributed by atoms with E-state index >= 15 is 0 Å². The Kier molecular flexibility index (Phi) is 9.87. The highest BCUT2D eigenvalue weighted by atomic mass is 32.1. The van der Waals surface area contributed by atoms with Crippen molar-refractivity contribution in [1.82, 2.24) is 30.9 Å². The van der Waals surface area contributed by atoms with Gasteiger partial charge >= 0.3 is 5.97 Å². The monoisotopic (exact) mass is 545 g/mol. The van der Waals surface area contributed by atoms with Crippen LogP contribution in [0, 0.1) is 0 Å². The first-order valence-corrected chi connectivity index (χ1v) is 12.4. The van der Waals surface area contributed by atoms with Crippen molar-refractivity contribution in [3.05, 3.63) is 54.2 Å². The number of hydrogen-bond acceptors (Lipinski definition) is 8. The standard InChI is InChI=1S/C24H31N7O6S/c1-12(32)20(31-21(33)16(25)6-13-8-27-17-5-3-2-4-15(13)17)23(35)30-19(10-38)22(34)29-18(24(36)37)7-14-9-26-11-28-14/h2-5,8-9,11-12,16,18-20,27,32,38H,6-7,10,25H2,1H3,(H,26,28)(H,29,34)(H,30,35)(H,31,33)(H,36,37). The second kappa shape index (κ2) is 13.1. The van der Waals surface area contributed by atoms with Crippen molar-refractivity contribution in [2.75, 3.05) is 5.75 Å². The van der Waals surface area contributed by atoms with Crippen molar-refractivity contribution in [1.29, 1.82) is 0 Å². The Morgan fingerprint density at radius 3 is 2.37 bits per heavy atom. The molecule has 13 nitrogen and oxygen atoms in total. The maximum absolute atomic E-state index is 12.9. The van der Waals surface area contributed by atoms with Gasteiger partial charge in [0.15, 0.2) is 0 Å². The molecule has 2 aromatic heterocycles. The van der Waals surface area contributed by atoms with Crippen LogP contribution in [0.25, 0.3) is 10.9 Å². The number of carbonyl (C=O) groups is 4. The molecule has 0 aliphatic rings. The second-order valence-electron chi connectivity index (χ2n) is 8.82. The van der Waals surface area contributed by atoms with Crippen LogP contribution in [0.5, 0.6) is 0 Å². The fourth-order valence-corrected chi connectivity index (χ4v) is 4.10. The minimum Gasteiger partial charge on any atom is -0.480 e. The molecule has 38 heavy (non-hydrogen) atoms. The molecular formula is C24H31N7O6S. The fourth-order valence-electron chi connectivity index (χ4n) is 3.84. The number of carboxylic acids is 1. The van der Waals surface area contributed by atoms with Crippen LogP contribution in [0.1, 0.15) is 18.2 Å². The van der Waals surface area contributed by atoms with Crippen molar-refractivity contribution >= 4 is 47.2 Å². The molecule has 2 heterocycles. The lowest BCUT2D eigenvalue weighted by Gasteiger charge is -2.25. The number of carbonyl (C=O) groups excluding carboxylic acids is 3. The molecule has 0 bridgehead atoms. The van der Waals surface area contributed by atoms with Gasteiger partial charge in [0.05, 0.1) is 18.5 Å². The maximum atomic E-state index is 12.9. The molecule has 0 radical (unpaired) electrons. The molecule has 0 fully saturated rings. The average Bonchev–Trinajstić information content (AvgIpc) is 3.54. The molecular weight excluding hydrogens is 514 g/mol. The molecule has 204 valence electrons. The number of para-hydroxylation sites is 1. The molecule has 3 rings (SSSR count). The van der Waals surface area contributed by atoms with E-state index in [-0.39, 0.29) is 18.6 Å². The quantitative estimate of drug-likeness (QED) is 0.119. The summed E-state index contributed by atoms with van der Waals surface area (Å²) in [6.45, 7) is 1.30. The van der Waals surface area contributed by atoms with Gasteiger partial charge in [-0.3, -0.25) is 14.4 Å². The number of thiol groups is 1. The maximum Gasteiger partial charge on any atom is 0.326 e. The number of rotatable bonds is 13. The third-order valence-corrected chi connectivity index (χ3v) is 6.29. The second-order valence-corrected chi connectivity index (χ2v) is 9.19. The van der Waals surface area contributed by atoms with E-state index in [0.29, 0.717) is 5.69 Å². The zero-order valence-electron chi connectivity index (χ0n) is 20.5. The summed E-state index contributed by atoms with van der Waals surface area (Å²) in [5, 5.41) is 27.7. The molecule has 5 atom stereocenters. The first kappa shape index (κ1) is 28.7. The fraction of sp³-hybridized carbons (Fsp3) is 0.375. The Morgan fingerprint density at radius 2 is 1.74 bits per heavy atom. The highest BCUT2D eigenvalue weighted by Crippen LogP contribution is 2.18. The van der Waals surface area contributed by atoms with Crippen molar-refractivity contribution in [3.63, 3.8) is 0 Å². The first-order chi connectivity index (χ1) is 18.1. The Morgan fingerprint density at radius 1 is 1.03 bits per heavy atom. The molecule has 0 aliphatic carbocycles. The molecule has 0 saturated carbocycles. The number of imidazole rings is 1. The van der Waals surface area contributed by atoms with Crippen LogP contribution >= 0.6 is 12.6 Å². The summed E-state index contributed by atoms with van der Waals surface area (Å²) >= 11 is 4.08. The van der Waals surface area contributed by atoms with Gasteiger partial charge in [-0.15, -0.1) is 0 Å². The third kappa shape index (κ3) is 7.34. The average molecular weight is 546 g/mol. The number of nitrogens with two attached hydrogens (primary N) is 1. The highest BCUT2D eigenvalue weighted by Gasteiger charge is 2.32.